The summed E-state index contributed by atoms with van der Waals surface area (Å²) < 4.78 is 2.30. The van der Waals surface area contributed by atoms with E-state index in [-0.39, 0.29) is 0 Å². The van der Waals surface area contributed by atoms with Crippen LogP contribution in [-0.4, -0.2) is 6.54 Å². The van der Waals surface area contributed by atoms with Gasteiger partial charge in [-0.2, -0.15) is 0 Å². The number of fused-ring (bicyclic) bond motifs is 2. The molecule has 1 heterocycles. The van der Waals surface area contributed by atoms with Crippen molar-refractivity contribution in [1.29, 1.82) is 0 Å². The Labute approximate surface area is 230 Å². The predicted molar refractivity (Wildman–Crippen MR) is 159 cm³/mol. The van der Waals surface area contributed by atoms with Crippen LogP contribution in [0.25, 0.3) is 0 Å². The summed E-state index contributed by atoms with van der Waals surface area (Å²) in [6, 6.07) is 13.4. The Morgan fingerprint density at radius 3 is 1.35 bits per heavy atom. The molecular weight excluding hydrogens is 566 g/mol. The SMILES string of the molecule is CCCCCCCCCCCCCCCCCCN1c2ccc(Br)cc2Sc2cc(Br)ccc21. The predicted octanol–water partition coefficient (Wildman–Crippen LogP) is 12.1. The summed E-state index contributed by atoms with van der Waals surface area (Å²) in [7, 11) is 0. The standard InChI is InChI=1S/C30H43Br2NS/c1-2-3-4-5-6-7-8-9-10-11-12-13-14-15-16-17-22-33-27-20-18-25(31)23-29(27)34-30-24-26(32)19-21-28(30)33/h18-21,23-24H,2-17,22H2,1H3. The maximum absolute atomic E-state index is 3.65. The van der Waals surface area contributed by atoms with Crippen molar-refractivity contribution in [2.75, 3.05) is 11.4 Å². The van der Waals surface area contributed by atoms with Gasteiger partial charge in [-0.05, 0) is 42.8 Å². The van der Waals surface area contributed by atoms with E-state index < -0.39 is 0 Å². The van der Waals surface area contributed by atoms with Gasteiger partial charge in [0, 0.05) is 25.3 Å². The van der Waals surface area contributed by atoms with E-state index in [4.69, 9.17) is 0 Å². The van der Waals surface area contributed by atoms with Crippen molar-refractivity contribution in [3.8, 4) is 0 Å². The van der Waals surface area contributed by atoms with E-state index in [9.17, 15) is 0 Å². The Hall–Kier alpha value is -0.450. The topological polar surface area (TPSA) is 3.24 Å². The maximum atomic E-state index is 3.65. The molecule has 0 amide bonds. The first-order valence-corrected chi connectivity index (χ1v) is 16.1. The van der Waals surface area contributed by atoms with Crippen molar-refractivity contribution in [2.24, 2.45) is 0 Å². The molecule has 34 heavy (non-hydrogen) atoms. The number of hydrogen-bond donors (Lipinski definition) is 0. The van der Waals surface area contributed by atoms with E-state index in [1.54, 1.807) is 0 Å². The zero-order valence-corrected chi connectivity index (χ0v) is 25.1. The second-order valence-corrected chi connectivity index (χ2v) is 12.7. The van der Waals surface area contributed by atoms with E-state index in [1.165, 1.54) is 124 Å². The van der Waals surface area contributed by atoms with Crippen LogP contribution < -0.4 is 4.90 Å². The van der Waals surface area contributed by atoms with Crippen LogP contribution >= 0.6 is 43.6 Å². The summed E-state index contributed by atoms with van der Waals surface area (Å²) in [6.07, 6.45) is 22.7. The highest BCUT2D eigenvalue weighted by Crippen LogP contribution is 2.49. The molecule has 3 rings (SSSR count). The van der Waals surface area contributed by atoms with Gasteiger partial charge in [0.05, 0.1) is 11.4 Å². The molecule has 1 nitrogen and oxygen atoms in total. The van der Waals surface area contributed by atoms with Gasteiger partial charge in [-0.15, -0.1) is 0 Å². The quantitative estimate of drug-likeness (QED) is 0.164. The molecule has 0 radical (unpaired) electrons. The summed E-state index contributed by atoms with van der Waals surface area (Å²) in [5.41, 5.74) is 2.70. The maximum Gasteiger partial charge on any atom is 0.0553 e. The summed E-state index contributed by atoms with van der Waals surface area (Å²) in [5.74, 6) is 0. The summed E-state index contributed by atoms with van der Waals surface area (Å²) >= 11 is 9.17. The Bertz CT molecular complexity index is 802. The largest absolute Gasteiger partial charge is 0.340 e. The van der Waals surface area contributed by atoms with Crippen LogP contribution in [-0.2, 0) is 0 Å². The van der Waals surface area contributed by atoms with E-state index in [1.807, 2.05) is 11.8 Å². The number of rotatable bonds is 17. The third kappa shape index (κ3) is 9.54. The van der Waals surface area contributed by atoms with Crippen LogP contribution in [0, 0.1) is 0 Å². The number of halogens is 2. The Kier molecular flexibility index (Phi) is 13.5. The van der Waals surface area contributed by atoms with Crippen molar-refractivity contribution in [3.05, 3.63) is 45.3 Å². The van der Waals surface area contributed by atoms with Crippen molar-refractivity contribution in [3.63, 3.8) is 0 Å². The molecule has 0 saturated heterocycles. The molecule has 0 atom stereocenters. The number of hydrogen-bond acceptors (Lipinski definition) is 2. The Morgan fingerprint density at radius 2 is 0.941 bits per heavy atom. The lowest BCUT2D eigenvalue weighted by molar-refractivity contribution is 0.530. The average molecular weight is 610 g/mol. The lowest BCUT2D eigenvalue weighted by atomic mass is 10.0. The third-order valence-corrected chi connectivity index (χ3v) is 8.96. The van der Waals surface area contributed by atoms with Crippen molar-refractivity contribution < 1.29 is 0 Å². The van der Waals surface area contributed by atoms with Gasteiger partial charge in [-0.1, -0.05) is 147 Å². The van der Waals surface area contributed by atoms with Gasteiger partial charge in [-0.3, -0.25) is 0 Å². The molecule has 0 unspecified atom stereocenters. The molecule has 0 aliphatic carbocycles. The summed E-state index contributed by atoms with van der Waals surface area (Å²) in [5, 5.41) is 0. The molecule has 0 spiro atoms. The normalized spacial score (nSPS) is 12.6. The first-order valence-electron chi connectivity index (χ1n) is 13.7. The Balaban J connectivity index is 1.27. The zero-order chi connectivity index (χ0) is 24.0. The molecular formula is C30H43Br2NS. The minimum Gasteiger partial charge on any atom is -0.340 e. The van der Waals surface area contributed by atoms with Gasteiger partial charge in [0.2, 0.25) is 0 Å². The molecule has 1 aliphatic rings. The summed E-state index contributed by atoms with van der Waals surface area (Å²) in [6.45, 7) is 3.40. The van der Waals surface area contributed by atoms with Crippen LogP contribution in [0.1, 0.15) is 110 Å². The van der Waals surface area contributed by atoms with Crippen molar-refractivity contribution in [1.82, 2.24) is 0 Å². The van der Waals surface area contributed by atoms with Crippen LogP contribution in [0.5, 0.6) is 0 Å². The molecule has 1 aliphatic heterocycles. The molecule has 0 aromatic heterocycles. The molecule has 0 fully saturated rings. The highest BCUT2D eigenvalue weighted by atomic mass is 79.9. The second-order valence-electron chi connectivity index (χ2n) is 9.78. The lowest BCUT2D eigenvalue weighted by Gasteiger charge is -2.33. The van der Waals surface area contributed by atoms with E-state index in [2.05, 4.69) is 80.1 Å². The molecule has 2 aromatic rings. The third-order valence-electron chi connectivity index (χ3n) is 6.88. The molecule has 0 bridgehead atoms. The van der Waals surface area contributed by atoms with Crippen molar-refractivity contribution in [2.45, 2.75) is 119 Å². The summed E-state index contributed by atoms with van der Waals surface area (Å²) in [4.78, 5) is 5.22. The van der Waals surface area contributed by atoms with Gasteiger partial charge in [0.25, 0.3) is 0 Å². The van der Waals surface area contributed by atoms with Gasteiger partial charge < -0.3 is 4.90 Å². The van der Waals surface area contributed by atoms with Gasteiger partial charge in [-0.25, -0.2) is 0 Å². The highest BCUT2D eigenvalue weighted by Gasteiger charge is 2.23. The average Bonchev–Trinajstić information content (AvgIpc) is 2.82. The molecule has 0 saturated carbocycles. The fourth-order valence-electron chi connectivity index (χ4n) is 4.89. The highest BCUT2D eigenvalue weighted by molar-refractivity contribution is 9.10. The monoisotopic (exact) mass is 607 g/mol. The molecule has 4 heteroatoms. The van der Waals surface area contributed by atoms with Gasteiger partial charge in [0.1, 0.15) is 0 Å². The van der Waals surface area contributed by atoms with Gasteiger partial charge >= 0.3 is 0 Å². The minimum absolute atomic E-state index is 1.10. The first-order chi connectivity index (χ1) is 16.7. The number of benzene rings is 2. The molecule has 0 N–H and O–H groups in total. The number of anilines is 2. The number of nitrogens with zero attached hydrogens (tertiary/aromatic N) is 1. The molecule has 188 valence electrons. The second kappa shape index (κ2) is 16.3. The molecule has 2 aromatic carbocycles. The van der Waals surface area contributed by atoms with Crippen LogP contribution in [0.15, 0.2) is 55.1 Å². The minimum atomic E-state index is 1.10. The van der Waals surface area contributed by atoms with E-state index in [0.717, 1.165) is 15.5 Å². The number of unbranched alkanes of at least 4 members (excludes halogenated alkanes) is 15. The van der Waals surface area contributed by atoms with E-state index >= 15 is 0 Å². The van der Waals surface area contributed by atoms with E-state index in [0.29, 0.717) is 0 Å². The van der Waals surface area contributed by atoms with Crippen molar-refractivity contribution >= 4 is 55.0 Å². The Morgan fingerprint density at radius 1 is 0.559 bits per heavy atom. The lowest BCUT2D eigenvalue weighted by Crippen LogP contribution is -2.22. The zero-order valence-electron chi connectivity index (χ0n) is 21.1. The first kappa shape index (κ1) is 28.1. The fraction of sp³-hybridized carbons (Fsp3) is 0.600. The fourth-order valence-corrected chi connectivity index (χ4v) is 7.09. The van der Waals surface area contributed by atoms with Crippen LogP contribution in [0.3, 0.4) is 0 Å². The van der Waals surface area contributed by atoms with Crippen LogP contribution in [0.4, 0.5) is 11.4 Å². The van der Waals surface area contributed by atoms with Crippen LogP contribution in [0.2, 0.25) is 0 Å². The smallest absolute Gasteiger partial charge is 0.0553 e. The van der Waals surface area contributed by atoms with Gasteiger partial charge in [0.15, 0.2) is 0 Å².